The molecule has 0 atom stereocenters. The molecule has 0 fully saturated rings. The number of anilines is 2. The zero-order chi connectivity index (χ0) is 21.2. The number of halogens is 2. The van der Waals surface area contributed by atoms with Gasteiger partial charge in [-0.25, -0.2) is 4.79 Å². The number of benzene rings is 2. The molecule has 2 aromatic carbocycles. The van der Waals surface area contributed by atoms with E-state index < -0.39 is 31.0 Å². The van der Waals surface area contributed by atoms with Crippen molar-refractivity contribution in [3.05, 3.63) is 54.1 Å². The molecule has 2 aromatic rings. The van der Waals surface area contributed by atoms with Crippen molar-refractivity contribution < 1.29 is 32.6 Å². The van der Waals surface area contributed by atoms with Crippen LogP contribution in [0.25, 0.3) is 0 Å². The Morgan fingerprint density at radius 1 is 0.931 bits per heavy atom. The maximum Gasteiger partial charge on any atom is 0.387 e. The molecule has 0 radical (unpaired) electrons. The van der Waals surface area contributed by atoms with Crippen LogP contribution in [0.2, 0.25) is 0 Å². The van der Waals surface area contributed by atoms with Gasteiger partial charge in [-0.3, -0.25) is 9.59 Å². The third-order valence-electron chi connectivity index (χ3n) is 3.34. The van der Waals surface area contributed by atoms with Crippen LogP contribution in [0, 0.1) is 11.3 Å². The second-order valence-electron chi connectivity index (χ2n) is 5.49. The van der Waals surface area contributed by atoms with Crippen molar-refractivity contribution in [3.8, 4) is 11.8 Å². The van der Waals surface area contributed by atoms with E-state index in [9.17, 15) is 23.2 Å². The molecule has 8 nitrogen and oxygen atoms in total. The molecular formula is C19H15F2N3O5. The fourth-order valence-corrected chi connectivity index (χ4v) is 2.10. The van der Waals surface area contributed by atoms with Gasteiger partial charge in [-0.1, -0.05) is 0 Å². The lowest BCUT2D eigenvalue weighted by molar-refractivity contribution is -0.119. The smallest absolute Gasteiger partial charge is 0.387 e. The molecule has 2 N–H and O–H groups in total. The Bertz CT molecular complexity index is 909. The number of nitrogens with zero attached hydrogens (tertiary/aromatic N) is 1. The summed E-state index contributed by atoms with van der Waals surface area (Å²) in [5, 5.41) is 13.3. The van der Waals surface area contributed by atoms with Crippen LogP contribution >= 0.6 is 0 Å². The van der Waals surface area contributed by atoms with Gasteiger partial charge in [0.25, 0.3) is 5.91 Å². The van der Waals surface area contributed by atoms with Crippen molar-refractivity contribution in [2.45, 2.75) is 13.0 Å². The second kappa shape index (κ2) is 10.4. The summed E-state index contributed by atoms with van der Waals surface area (Å²) in [5.41, 5.74) is 0.869. The zero-order valence-corrected chi connectivity index (χ0v) is 14.9. The van der Waals surface area contributed by atoms with E-state index in [-0.39, 0.29) is 17.7 Å². The number of hydrogen-bond donors (Lipinski definition) is 2. The summed E-state index contributed by atoms with van der Waals surface area (Å²) < 4.78 is 33.3. The Kier molecular flexibility index (Phi) is 7.61. The first-order chi connectivity index (χ1) is 13.9. The van der Waals surface area contributed by atoms with Crippen molar-refractivity contribution in [2.24, 2.45) is 0 Å². The minimum absolute atomic E-state index is 0.0586. The van der Waals surface area contributed by atoms with Gasteiger partial charge in [0.1, 0.15) is 12.2 Å². The molecule has 0 saturated carbocycles. The molecule has 0 unspecified atom stereocenters. The molecule has 29 heavy (non-hydrogen) atoms. The van der Waals surface area contributed by atoms with Crippen molar-refractivity contribution in [2.75, 3.05) is 17.2 Å². The van der Waals surface area contributed by atoms with Crippen LogP contribution in [0.15, 0.2) is 48.5 Å². The van der Waals surface area contributed by atoms with Gasteiger partial charge in [-0.15, -0.1) is 0 Å². The molecular weight excluding hydrogens is 388 g/mol. The summed E-state index contributed by atoms with van der Waals surface area (Å²) in [6.45, 7) is -3.51. The molecule has 2 amide bonds. The number of ether oxygens (including phenoxy) is 2. The van der Waals surface area contributed by atoms with Crippen LogP contribution in [0.5, 0.6) is 5.75 Å². The SMILES string of the molecule is N#CCC(=O)Nc1ccc(C(=O)OCC(=O)Nc2ccc(OC(F)F)cc2)cc1. The molecule has 2 rings (SSSR count). The van der Waals surface area contributed by atoms with E-state index in [1.54, 1.807) is 6.07 Å². The largest absolute Gasteiger partial charge is 0.452 e. The molecule has 0 aliphatic rings. The average Bonchev–Trinajstić information content (AvgIpc) is 2.68. The highest BCUT2D eigenvalue weighted by molar-refractivity contribution is 5.96. The van der Waals surface area contributed by atoms with Crippen molar-refractivity contribution >= 4 is 29.2 Å². The molecule has 0 saturated heterocycles. The van der Waals surface area contributed by atoms with Gasteiger partial charge < -0.3 is 20.1 Å². The zero-order valence-electron chi connectivity index (χ0n) is 14.9. The Morgan fingerprint density at radius 2 is 1.48 bits per heavy atom. The molecule has 0 aromatic heterocycles. The van der Waals surface area contributed by atoms with Gasteiger partial charge in [0.15, 0.2) is 6.61 Å². The van der Waals surface area contributed by atoms with Crippen LogP contribution in [0.4, 0.5) is 20.2 Å². The first-order valence-corrected chi connectivity index (χ1v) is 8.16. The average molecular weight is 403 g/mol. The van der Waals surface area contributed by atoms with Gasteiger partial charge in [-0.2, -0.15) is 14.0 Å². The maximum absolute atomic E-state index is 12.1. The number of hydrogen-bond acceptors (Lipinski definition) is 6. The lowest BCUT2D eigenvalue weighted by Gasteiger charge is -2.08. The third-order valence-corrected chi connectivity index (χ3v) is 3.34. The topological polar surface area (TPSA) is 118 Å². The summed E-state index contributed by atoms with van der Waals surface area (Å²) in [6, 6.07) is 12.6. The Hall–Kier alpha value is -4.00. The van der Waals surface area contributed by atoms with Crippen LogP contribution < -0.4 is 15.4 Å². The van der Waals surface area contributed by atoms with E-state index in [2.05, 4.69) is 15.4 Å². The first kappa shape index (κ1) is 21.3. The number of carbonyl (C=O) groups excluding carboxylic acids is 3. The quantitative estimate of drug-likeness (QED) is 0.655. The van der Waals surface area contributed by atoms with Gasteiger partial charge in [0.05, 0.1) is 11.6 Å². The maximum atomic E-state index is 12.1. The normalized spacial score (nSPS) is 10.0. The summed E-state index contributed by atoms with van der Waals surface area (Å²) >= 11 is 0. The number of nitrogens with one attached hydrogen (secondary N) is 2. The van der Waals surface area contributed by atoms with E-state index in [1.165, 1.54) is 48.5 Å². The highest BCUT2D eigenvalue weighted by atomic mass is 19.3. The van der Waals surface area contributed by atoms with Crippen LogP contribution in [0.3, 0.4) is 0 Å². The number of amides is 2. The highest BCUT2D eigenvalue weighted by Crippen LogP contribution is 2.17. The van der Waals surface area contributed by atoms with E-state index in [0.29, 0.717) is 11.4 Å². The van der Waals surface area contributed by atoms with E-state index >= 15 is 0 Å². The Labute approximate surface area is 164 Å². The Morgan fingerprint density at radius 3 is 2.03 bits per heavy atom. The van der Waals surface area contributed by atoms with Crippen molar-refractivity contribution in [1.29, 1.82) is 5.26 Å². The second-order valence-corrected chi connectivity index (χ2v) is 5.49. The van der Waals surface area contributed by atoms with Gasteiger partial charge in [0, 0.05) is 11.4 Å². The van der Waals surface area contributed by atoms with Crippen LogP contribution in [0.1, 0.15) is 16.8 Å². The molecule has 0 aliphatic heterocycles. The molecule has 150 valence electrons. The lowest BCUT2D eigenvalue weighted by atomic mass is 10.2. The molecule has 10 heteroatoms. The van der Waals surface area contributed by atoms with Crippen LogP contribution in [-0.4, -0.2) is 31.0 Å². The van der Waals surface area contributed by atoms with Gasteiger partial charge in [0.2, 0.25) is 5.91 Å². The molecule has 0 aliphatic carbocycles. The molecule has 0 bridgehead atoms. The monoisotopic (exact) mass is 403 g/mol. The predicted octanol–water partition coefficient (Wildman–Crippen LogP) is 2.94. The van der Waals surface area contributed by atoms with E-state index in [1.807, 2.05) is 0 Å². The lowest BCUT2D eigenvalue weighted by Crippen LogP contribution is -2.21. The predicted molar refractivity (Wildman–Crippen MR) is 97.3 cm³/mol. The summed E-state index contributed by atoms with van der Waals surface area (Å²) in [6.07, 6.45) is -0.291. The summed E-state index contributed by atoms with van der Waals surface area (Å²) in [5.74, 6) is -1.91. The van der Waals surface area contributed by atoms with Gasteiger partial charge in [-0.05, 0) is 48.5 Å². The van der Waals surface area contributed by atoms with Crippen LogP contribution in [-0.2, 0) is 14.3 Å². The van der Waals surface area contributed by atoms with E-state index in [0.717, 1.165) is 0 Å². The van der Waals surface area contributed by atoms with Crippen molar-refractivity contribution in [3.63, 3.8) is 0 Å². The Balaban J connectivity index is 1.81. The minimum Gasteiger partial charge on any atom is -0.452 e. The van der Waals surface area contributed by atoms with Crippen molar-refractivity contribution in [1.82, 2.24) is 0 Å². The fraction of sp³-hybridized carbons (Fsp3) is 0.158. The van der Waals surface area contributed by atoms with Gasteiger partial charge >= 0.3 is 12.6 Å². The number of alkyl halides is 2. The molecule has 0 heterocycles. The summed E-state index contributed by atoms with van der Waals surface area (Å²) in [7, 11) is 0. The number of rotatable bonds is 8. The number of nitriles is 1. The highest BCUT2D eigenvalue weighted by Gasteiger charge is 2.11. The standard InChI is InChI=1S/C19H15F2N3O5/c20-19(21)29-15-7-5-14(6-8-15)24-17(26)11-28-18(27)12-1-3-13(4-2-12)23-16(25)9-10-22/h1-8,19H,9,11H2,(H,23,25)(H,24,26). The number of esters is 1. The first-order valence-electron chi connectivity index (χ1n) is 8.16. The molecule has 0 spiro atoms. The summed E-state index contributed by atoms with van der Waals surface area (Å²) in [4.78, 5) is 35.1. The fourth-order valence-electron chi connectivity index (χ4n) is 2.10. The minimum atomic E-state index is -2.95. The number of carbonyl (C=O) groups is 3. The third kappa shape index (κ3) is 7.26. The van der Waals surface area contributed by atoms with E-state index in [4.69, 9.17) is 10.00 Å².